The molecule has 1 unspecified atom stereocenters. The van der Waals surface area contributed by atoms with Gasteiger partial charge in [-0.2, -0.15) is 4.98 Å². The van der Waals surface area contributed by atoms with Crippen LogP contribution in [0.2, 0.25) is 0 Å². The van der Waals surface area contributed by atoms with Gasteiger partial charge in [-0.05, 0) is 25.0 Å². The van der Waals surface area contributed by atoms with E-state index in [2.05, 4.69) is 15.3 Å². The average Bonchev–Trinajstić information content (AvgIpc) is 3.12. The molecule has 0 aliphatic carbocycles. The zero-order chi connectivity index (χ0) is 13.4. The maximum Gasteiger partial charge on any atom is 0.271 e. The lowest BCUT2D eigenvalue weighted by Crippen LogP contribution is -3.00. The molecule has 3 heterocycles. The van der Waals surface area contributed by atoms with Crippen LogP contribution >= 0.6 is 0 Å². The van der Waals surface area contributed by atoms with Crippen molar-refractivity contribution in [2.45, 2.75) is 18.9 Å². The summed E-state index contributed by atoms with van der Waals surface area (Å²) in [7, 11) is 0. The van der Waals surface area contributed by atoms with Gasteiger partial charge in [0, 0.05) is 12.0 Å². The topological polar surface area (TPSA) is 64.8 Å². The number of quaternary nitrogens is 1. The number of fused-ring (bicyclic) bond motifs is 3. The molecule has 1 atom stereocenters. The molecule has 110 valence electrons. The molecule has 0 spiro atoms. The van der Waals surface area contributed by atoms with Gasteiger partial charge in [-0.15, -0.1) is 0 Å². The summed E-state index contributed by atoms with van der Waals surface area (Å²) in [6.07, 6.45) is 4.21. The summed E-state index contributed by atoms with van der Waals surface area (Å²) < 4.78 is 11.5. The van der Waals surface area contributed by atoms with Gasteiger partial charge in [0.05, 0.1) is 0 Å². The maximum atomic E-state index is 5.90. The van der Waals surface area contributed by atoms with Crippen LogP contribution in [0, 0.1) is 0 Å². The number of benzene rings is 1. The van der Waals surface area contributed by atoms with Crippen LogP contribution in [0.25, 0.3) is 22.1 Å². The van der Waals surface area contributed by atoms with Crippen LogP contribution in [-0.4, -0.2) is 29.2 Å². The van der Waals surface area contributed by atoms with Gasteiger partial charge in [0.25, 0.3) is 5.82 Å². The summed E-state index contributed by atoms with van der Waals surface area (Å²) in [4.78, 5) is 8.70. The first-order valence-electron chi connectivity index (χ1n) is 6.99. The zero-order valence-corrected chi connectivity index (χ0v) is 12.2. The van der Waals surface area contributed by atoms with Crippen molar-refractivity contribution in [3.63, 3.8) is 0 Å². The molecule has 5 nitrogen and oxygen atoms in total. The highest BCUT2D eigenvalue weighted by Crippen LogP contribution is 2.28. The quantitative estimate of drug-likeness (QED) is 0.657. The second-order valence-electron chi connectivity index (χ2n) is 5.11. The van der Waals surface area contributed by atoms with E-state index in [0.717, 1.165) is 53.9 Å². The molecule has 1 aliphatic rings. The summed E-state index contributed by atoms with van der Waals surface area (Å²) in [6, 6.07) is 7.95. The standard InChI is InChI=1S/C15H15N3O2.ClH/c1-2-6-12-11(5-1)13-14(20-12)15(18-9-17-13)16-8-10-4-3-7-19-10;/h1-2,5-6,9-10H,3-4,7-8H2,(H,16,17,18);1H. The van der Waals surface area contributed by atoms with Crippen molar-refractivity contribution in [3.05, 3.63) is 30.6 Å². The largest absolute Gasteiger partial charge is 1.00 e. The molecule has 0 saturated carbocycles. The number of nitrogens with two attached hydrogens (primary N) is 1. The van der Waals surface area contributed by atoms with Crippen molar-refractivity contribution in [2.75, 3.05) is 13.2 Å². The van der Waals surface area contributed by atoms with E-state index in [-0.39, 0.29) is 12.4 Å². The lowest BCUT2D eigenvalue weighted by Gasteiger charge is -2.06. The normalized spacial score (nSPS) is 18.2. The minimum Gasteiger partial charge on any atom is -1.00 e. The Bertz CT molecular complexity index is 753. The van der Waals surface area contributed by atoms with E-state index in [1.54, 1.807) is 6.33 Å². The first-order chi connectivity index (χ1) is 9.92. The van der Waals surface area contributed by atoms with E-state index in [1.807, 2.05) is 24.3 Å². The molecule has 21 heavy (non-hydrogen) atoms. The molecule has 1 saturated heterocycles. The Morgan fingerprint density at radius 2 is 2.14 bits per heavy atom. The molecular formula is C15H16ClN3O2. The number of rotatable bonds is 3. The van der Waals surface area contributed by atoms with E-state index in [4.69, 9.17) is 9.15 Å². The second kappa shape index (κ2) is 5.97. The van der Waals surface area contributed by atoms with Gasteiger partial charge in [-0.25, -0.2) is 4.98 Å². The molecule has 4 rings (SSSR count). The Morgan fingerprint density at radius 3 is 3.00 bits per heavy atom. The van der Waals surface area contributed by atoms with Crippen LogP contribution in [0.5, 0.6) is 0 Å². The van der Waals surface area contributed by atoms with Crippen molar-refractivity contribution in [2.24, 2.45) is 0 Å². The van der Waals surface area contributed by atoms with Crippen LogP contribution in [0.3, 0.4) is 0 Å². The fraction of sp³-hybridized carbons (Fsp3) is 0.333. The minimum absolute atomic E-state index is 0. The minimum atomic E-state index is 0. The molecule has 3 aromatic rings. The fourth-order valence-corrected chi connectivity index (χ4v) is 2.76. The predicted molar refractivity (Wildman–Crippen MR) is 74.7 cm³/mol. The lowest BCUT2D eigenvalue weighted by atomic mass is 10.2. The van der Waals surface area contributed by atoms with Gasteiger partial charge < -0.3 is 21.6 Å². The lowest BCUT2D eigenvalue weighted by molar-refractivity contribution is -0.581. The van der Waals surface area contributed by atoms with Crippen LogP contribution in [0.4, 0.5) is 5.82 Å². The third-order valence-electron chi connectivity index (χ3n) is 3.78. The average molecular weight is 306 g/mol. The number of nitrogens with zero attached hydrogens (tertiary/aromatic N) is 2. The number of aromatic nitrogens is 2. The van der Waals surface area contributed by atoms with Crippen molar-refractivity contribution in [1.29, 1.82) is 0 Å². The van der Waals surface area contributed by atoms with Gasteiger partial charge in [-0.1, -0.05) is 12.1 Å². The molecule has 2 aromatic heterocycles. The van der Waals surface area contributed by atoms with Crippen LogP contribution in [0.15, 0.2) is 35.0 Å². The van der Waals surface area contributed by atoms with Gasteiger partial charge in [0.15, 0.2) is 0 Å². The molecule has 0 radical (unpaired) electrons. The highest BCUT2D eigenvalue weighted by molar-refractivity contribution is 6.04. The molecule has 1 aliphatic heterocycles. The number of furan rings is 1. The Balaban J connectivity index is 0.00000132. The summed E-state index contributed by atoms with van der Waals surface area (Å²) >= 11 is 0. The maximum absolute atomic E-state index is 5.90. The Kier molecular flexibility index (Phi) is 4.05. The van der Waals surface area contributed by atoms with Gasteiger partial charge in [0.2, 0.25) is 5.58 Å². The molecule has 0 bridgehead atoms. The summed E-state index contributed by atoms with van der Waals surface area (Å²) in [5.74, 6) is 0.863. The number of ether oxygens (including phenoxy) is 1. The van der Waals surface area contributed by atoms with Gasteiger partial charge >= 0.3 is 0 Å². The van der Waals surface area contributed by atoms with E-state index in [9.17, 15) is 0 Å². The number of halogens is 1. The third kappa shape index (κ3) is 2.60. The summed E-state index contributed by atoms with van der Waals surface area (Å²) in [5, 5.41) is 3.14. The molecule has 1 fully saturated rings. The van der Waals surface area contributed by atoms with Crippen LogP contribution < -0.4 is 17.7 Å². The third-order valence-corrected chi connectivity index (χ3v) is 3.78. The SMILES string of the molecule is [Cl-].c1ccc2c(c1)oc1c([NH2+]CC3CCCO3)ncnc12. The highest BCUT2D eigenvalue weighted by atomic mass is 35.5. The Morgan fingerprint density at radius 1 is 1.24 bits per heavy atom. The van der Waals surface area contributed by atoms with E-state index in [0.29, 0.717) is 6.10 Å². The van der Waals surface area contributed by atoms with Gasteiger partial charge in [0.1, 0.15) is 30.1 Å². The van der Waals surface area contributed by atoms with Crippen molar-refractivity contribution >= 4 is 27.9 Å². The molecule has 6 heteroatoms. The first kappa shape index (κ1) is 14.3. The zero-order valence-electron chi connectivity index (χ0n) is 11.5. The van der Waals surface area contributed by atoms with E-state index in [1.165, 1.54) is 0 Å². The first-order valence-corrected chi connectivity index (χ1v) is 6.99. The van der Waals surface area contributed by atoms with Crippen LogP contribution in [-0.2, 0) is 4.74 Å². The monoisotopic (exact) mass is 305 g/mol. The molecule has 0 amide bonds. The van der Waals surface area contributed by atoms with E-state index < -0.39 is 0 Å². The molecular weight excluding hydrogens is 290 g/mol. The predicted octanol–water partition coefficient (Wildman–Crippen LogP) is -1.25. The Hall–Kier alpha value is -1.69. The second-order valence-corrected chi connectivity index (χ2v) is 5.11. The summed E-state index contributed by atoms with van der Waals surface area (Å²) in [5.41, 5.74) is 2.51. The van der Waals surface area contributed by atoms with Crippen molar-refractivity contribution in [1.82, 2.24) is 9.97 Å². The number of hydrogen-bond acceptors (Lipinski definition) is 4. The molecule has 1 aromatic carbocycles. The highest BCUT2D eigenvalue weighted by Gasteiger charge is 2.20. The smallest absolute Gasteiger partial charge is 0.271 e. The van der Waals surface area contributed by atoms with E-state index >= 15 is 0 Å². The molecule has 2 N–H and O–H groups in total. The van der Waals surface area contributed by atoms with Crippen LogP contribution in [0.1, 0.15) is 12.8 Å². The number of hydrogen-bond donors (Lipinski definition) is 1. The van der Waals surface area contributed by atoms with Crippen molar-refractivity contribution < 1.29 is 26.9 Å². The Labute approximate surface area is 128 Å². The fourth-order valence-electron chi connectivity index (χ4n) is 2.76. The van der Waals surface area contributed by atoms with Crippen molar-refractivity contribution in [3.8, 4) is 0 Å². The summed E-state index contributed by atoms with van der Waals surface area (Å²) in [6.45, 7) is 1.76. The van der Waals surface area contributed by atoms with Gasteiger partial charge in [-0.3, -0.25) is 5.32 Å². The number of para-hydroxylation sites is 1.